The highest BCUT2D eigenvalue weighted by molar-refractivity contribution is 5.98. The molecule has 0 spiro atoms. The lowest BCUT2D eigenvalue weighted by atomic mass is 10.0. The molecule has 1 saturated heterocycles. The summed E-state index contributed by atoms with van der Waals surface area (Å²) in [5.74, 6) is 1.28. The molecule has 5 aromatic rings. The number of ether oxygens (including phenoxy) is 2. The molecule has 0 amide bonds. The van der Waals surface area contributed by atoms with Crippen molar-refractivity contribution in [2.75, 3.05) is 13.2 Å². The number of nitrogens with one attached hydrogen (secondary N) is 1. The molecule has 1 aliphatic rings. The van der Waals surface area contributed by atoms with Crippen LogP contribution in [-0.2, 0) is 18.8 Å². The van der Waals surface area contributed by atoms with Crippen LogP contribution >= 0.6 is 0 Å². The summed E-state index contributed by atoms with van der Waals surface area (Å²) < 4.78 is 16.9. The average Bonchev–Trinajstić information content (AvgIpc) is 3.43. The minimum absolute atomic E-state index is 0.0376. The van der Waals surface area contributed by atoms with Crippen LogP contribution in [0.25, 0.3) is 33.3 Å². The van der Waals surface area contributed by atoms with Crippen LogP contribution in [-0.4, -0.2) is 37.1 Å². The maximum absolute atomic E-state index is 13.3. The number of benzene rings is 1. The second kappa shape index (κ2) is 8.88. The van der Waals surface area contributed by atoms with Crippen LogP contribution in [0.15, 0.2) is 58.5 Å². The van der Waals surface area contributed by atoms with E-state index >= 15 is 0 Å². The quantitative estimate of drug-likeness (QED) is 0.378. The second-order valence-electron chi connectivity index (χ2n) is 10.0. The third-order valence-electron chi connectivity index (χ3n) is 7.46. The van der Waals surface area contributed by atoms with Crippen molar-refractivity contribution in [3.63, 3.8) is 0 Å². The molecule has 38 heavy (non-hydrogen) atoms. The lowest BCUT2D eigenvalue weighted by molar-refractivity contribution is -0.0249. The molecule has 4 aromatic heterocycles. The minimum Gasteiger partial charge on any atom is -0.455 e. The number of aryl methyl sites for hydroxylation is 4. The highest BCUT2D eigenvalue weighted by Gasteiger charge is 2.25. The predicted octanol–water partition coefficient (Wildman–Crippen LogP) is 4.38. The molecule has 5 heterocycles. The first kappa shape index (κ1) is 24.0. The Morgan fingerprint density at radius 1 is 1.00 bits per heavy atom. The molecule has 1 aromatic carbocycles. The van der Waals surface area contributed by atoms with Gasteiger partial charge in [0, 0.05) is 54.1 Å². The van der Waals surface area contributed by atoms with E-state index in [9.17, 15) is 9.59 Å². The zero-order valence-electron chi connectivity index (χ0n) is 22.0. The summed E-state index contributed by atoms with van der Waals surface area (Å²) in [7, 11) is 3.59. The topological polar surface area (TPSA) is 96.1 Å². The largest absolute Gasteiger partial charge is 0.455 e. The predicted molar refractivity (Wildman–Crippen MR) is 146 cm³/mol. The number of rotatable bonds is 5. The summed E-state index contributed by atoms with van der Waals surface area (Å²) in [5.41, 5.74) is 6.12. The molecule has 9 nitrogen and oxygen atoms in total. The molecule has 9 heteroatoms. The molecule has 0 aliphatic carbocycles. The Labute approximate surface area is 218 Å². The maximum Gasteiger partial charge on any atom is 0.274 e. The SMILES string of the molecule is Cc1cccc(C)c1Oc1cn(C2COC2)c(=O)cc1-c1cn(C)c(=O)c2[nH]c(-c3cnn(C)c3C)cc12. The number of aromatic nitrogens is 5. The van der Waals surface area contributed by atoms with Crippen LogP contribution in [0.5, 0.6) is 11.5 Å². The molecule has 1 aliphatic heterocycles. The van der Waals surface area contributed by atoms with Crippen LogP contribution in [0.4, 0.5) is 0 Å². The number of hydrogen-bond donors (Lipinski definition) is 1. The normalized spacial score (nSPS) is 13.7. The van der Waals surface area contributed by atoms with Crippen LogP contribution in [0.2, 0.25) is 0 Å². The molecule has 0 saturated carbocycles. The Morgan fingerprint density at radius 2 is 1.74 bits per heavy atom. The number of H-pyrrole nitrogens is 1. The van der Waals surface area contributed by atoms with Gasteiger partial charge in [-0.05, 0) is 38.0 Å². The summed E-state index contributed by atoms with van der Waals surface area (Å²) in [6.07, 6.45) is 5.32. The second-order valence-corrected chi connectivity index (χ2v) is 10.0. The van der Waals surface area contributed by atoms with Gasteiger partial charge in [0.25, 0.3) is 11.1 Å². The van der Waals surface area contributed by atoms with Gasteiger partial charge in [0.2, 0.25) is 0 Å². The molecule has 6 rings (SSSR count). The number of aromatic amines is 1. The van der Waals surface area contributed by atoms with Gasteiger partial charge in [-0.15, -0.1) is 0 Å². The standard InChI is InChI=1S/C29H29N5O4/c1-16-7-6-8-17(2)28(16)38-25-13-34(19-14-37-15-19)26(35)10-20(25)23-12-32(4)29(36)27-21(23)9-24(31-27)22-11-30-33(5)18(22)3/h6-13,19,31H,14-15H2,1-5H3. The highest BCUT2D eigenvalue weighted by atomic mass is 16.5. The first-order chi connectivity index (χ1) is 18.2. The highest BCUT2D eigenvalue weighted by Crippen LogP contribution is 2.39. The van der Waals surface area contributed by atoms with Crippen LogP contribution < -0.4 is 15.9 Å². The van der Waals surface area contributed by atoms with Gasteiger partial charge in [0.05, 0.1) is 37.3 Å². The molecule has 0 unspecified atom stereocenters. The molecule has 0 radical (unpaired) electrons. The molecular formula is C29H29N5O4. The van der Waals surface area contributed by atoms with Crippen molar-refractivity contribution >= 4 is 10.9 Å². The monoisotopic (exact) mass is 511 g/mol. The van der Waals surface area contributed by atoms with Crippen LogP contribution in [0.1, 0.15) is 22.9 Å². The van der Waals surface area contributed by atoms with Gasteiger partial charge in [-0.2, -0.15) is 5.10 Å². The Kier molecular flexibility index (Phi) is 5.61. The molecule has 194 valence electrons. The summed E-state index contributed by atoms with van der Waals surface area (Å²) in [6.45, 7) is 6.94. The summed E-state index contributed by atoms with van der Waals surface area (Å²) in [4.78, 5) is 29.8. The fourth-order valence-corrected chi connectivity index (χ4v) is 5.02. The number of para-hydroxylation sites is 1. The van der Waals surface area contributed by atoms with Gasteiger partial charge in [-0.25, -0.2) is 0 Å². The zero-order chi connectivity index (χ0) is 26.7. The fraction of sp³-hybridized carbons (Fsp3) is 0.276. The molecular weight excluding hydrogens is 482 g/mol. The van der Waals surface area contributed by atoms with E-state index in [4.69, 9.17) is 9.47 Å². The lowest BCUT2D eigenvalue weighted by Gasteiger charge is -2.29. The van der Waals surface area contributed by atoms with Crippen molar-refractivity contribution < 1.29 is 9.47 Å². The molecule has 1 fully saturated rings. The number of pyridine rings is 2. The Bertz CT molecular complexity index is 1810. The van der Waals surface area contributed by atoms with Gasteiger partial charge in [-0.3, -0.25) is 14.3 Å². The van der Waals surface area contributed by atoms with E-state index in [0.717, 1.165) is 39.4 Å². The van der Waals surface area contributed by atoms with E-state index in [1.165, 1.54) is 4.57 Å². The van der Waals surface area contributed by atoms with Crippen LogP contribution in [0.3, 0.4) is 0 Å². The van der Waals surface area contributed by atoms with E-state index in [0.29, 0.717) is 35.4 Å². The van der Waals surface area contributed by atoms with E-state index in [1.807, 2.05) is 52.1 Å². The Morgan fingerprint density at radius 3 is 2.37 bits per heavy atom. The molecule has 1 N–H and O–H groups in total. The number of fused-ring (bicyclic) bond motifs is 1. The van der Waals surface area contributed by atoms with E-state index in [1.54, 1.807) is 41.0 Å². The van der Waals surface area contributed by atoms with Crippen molar-refractivity contribution in [2.24, 2.45) is 14.1 Å². The van der Waals surface area contributed by atoms with Gasteiger partial charge in [-0.1, -0.05) is 18.2 Å². The summed E-state index contributed by atoms with van der Waals surface area (Å²) >= 11 is 0. The number of hydrogen-bond acceptors (Lipinski definition) is 5. The van der Waals surface area contributed by atoms with Crippen molar-refractivity contribution in [1.29, 1.82) is 0 Å². The smallest absolute Gasteiger partial charge is 0.274 e. The first-order valence-corrected chi connectivity index (χ1v) is 12.5. The molecule has 0 atom stereocenters. The third kappa shape index (κ3) is 3.78. The van der Waals surface area contributed by atoms with E-state index in [2.05, 4.69) is 10.1 Å². The van der Waals surface area contributed by atoms with Gasteiger partial charge < -0.3 is 23.6 Å². The van der Waals surface area contributed by atoms with Crippen molar-refractivity contribution in [1.82, 2.24) is 23.9 Å². The Balaban J connectivity index is 1.61. The minimum atomic E-state index is -0.159. The third-order valence-corrected chi connectivity index (χ3v) is 7.46. The van der Waals surface area contributed by atoms with Gasteiger partial charge >= 0.3 is 0 Å². The van der Waals surface area contributed by atoms with Gasteiger partial charge in [0.15, 0.2) is 5.75 Å². The van der Waals surface area contributed by atoms with Crippen molar-refractivity contribution in [3.8, 4) is 33.9 Å². The number of nitrogens with zero attached hydrogens (tertiary/aromatic N) is 4. The van der Waals surface area contributed by atoms with E-state index < -0.39 is 0 Å². The maximum atomic E-state index is 13.3. The Hall–Kier alpha value is -4.37. The van der Waals surface area contributed by atoms with Crippen molar-refractivity contribution in [2.45, 2.75) is 26.8 Å². The van der Waals surface area contributed by atoms with Crippen molar-refractivity contribution in [3.05, 3.63) is 86.5 Å². The average molecular weight is 512 g/mol. The van der Waals surface area contributed by atoms with Gasteiger partial charge in [0.1, 0.15) is 11.3 Å². The lowest BCUT2D eigenvalue weighted by Crippen LogP contribution is -2.37. The first-order valence-electron chi connectivity index (χ1n) is 12.5. The van der Waals surface area contributed by atoms with Crippen LogP contribution in [0, 0.1) is 20.8 Å². The summed E-state index contributed by atoms with van der Waals surface area (Å²) in [6, 6.07) is 9.49. The van der Waals surface area contributed by atoms with E-state index in [-0.39, 0.29) is 17.2 Å². The molecule has 0 bridgehead atoms. The zero-order valence-corrected chi connectivity index (χ0v) is 22.0. The summed E-state index contributed by atoms with van der Waals surface area (Å²) in [5, 5.41) is 5.06. The fourth-order valence-electron chi connectivity index (χ4n) is 5.02.